The second-order valence-corrected chi connectivity index (χ2v) is 6.84. The molecule has 2 heterocycles. The molecule has 1 atom stereocenters. The van der Waals surface area contributed by atoms with E-state index in [0.29, 0.717) is 18.9 Å². The number of para-hydroxylation sites is 1. The number of guanidine groups is 1. The van der Waals surface area contributed by atoms with Gasteiger partial charge >= 0.3 is 0 Å². The SMILES string of the molecule is CN=C(NCCCC(=O)N1CCc2ccccc21)NC(C)c1ccc(C)o1. The van der Waals surface area contributed by atoms with E-state index >= 15 is 0 Å². The van der Waals surface area contributed by atoms with Crippen LogP contribution in [0.25, 0.3) is 0 Å². The van der Waals surface area contributed by atoms with Gasteiger partial charge in [-0.3, -0.25) is 9.79 Å². The monoisotopic (exact) mass is 368 g/mol. The number of fused-ring (bicyclic) bond motifs is 1. The zero-order valence-electron chi connectivity index (χ0n) is 16.3. The fraction of sp³-hybridized carbons (Fsp3) is 0.429. The van der Waals surface area contributed by atoms with E-state index in [4.69, 9.17) is 4.42 Å². The number of nitrogens with one attached hydrogen (secondary N) is 2. The van der Waals surface area contributed by atoms with Gasteiger partial charge in [-0.1, -0.05) is 18.2 Å². The minimum Gasteiger partial charge on any atom is -0.464 e. The van der Waals surface area contributed by atoms with Crippen molar-refractivity contribution in [2.24, 2.45) is 4.99 Å². The standard InChI is InChI=1S/C21H28N4O2/c1-15-10-11-19(27-15)16(2)24-21(22-3)23-13-6-9-20(26)25-14-12-17-7-4-5-8-18(17)25/h4-5,7-8,10-11,16H,6,9,12-14H2,1-3H3,(H2,22,23,24). The lowest BCUT2D eigenvalue weighted by Gasteiger charge is -2.18. The first-order valence-corrected chi connectivity index (χ1v) is 9.50. The second-order valence-electron chi connectivity index (χ2n) is 6.84. The van der Waals surface area contributed by atoms with Crippen molar-refractivity contribution < 1.29 is 9.21 Å². The molecule has 2 aromatic rings. The number of carbonyl (C=O) groups excluding carboxylic acids is 1. The van der Waals surface area contributed by atoms with Crippen LogP contribution in [0.3, 0.4) is 0 Å². The molecule has 144 valence electrons. The van der Waals surface area contributed by atoms with Crippen LogP contribution in [0.2, 0.25) is 0 Å². The van der Waals surface area contributed by atoms with Crippen LogP contribution in [-0.4, -0.2) is 32.0 Å². The Morgan fingerprint density at radius 1 is 1.30 bits per heavy atom. The third-order valence-corrected chi connectivity index (χ3v) is 4.81. The lowest BCUT2D eigenvalue weighted by molar-refractivity contribution is -0.118. The Kier molecular flexibility index (Phi) is 6.16. The number of furan rings is 1. The molecule has 1 aromatic heterocycles. The van der Waals surface area contributed by atoms with Crippen molar-refractivity contribution in [2.45, 2.75) is 39.2 Å². The van der Waals surface area contributed by atoms with Crippen molar-refractivity contribution in [2.75, 3.05) is 25.0 Å². The lowest BCUT2D eigenvalue weighted by atomic mass is 10.2. The molecule has 6 nitrogen and oxygen atoms in total. The quantitative estimate of drug-likeness (QED) is 0.467. The molecule has 1 unspecified atom stereocenters. The first-order chi connectivity index (χ1) is 13.1. The highest BCUT2D eigenvalue weighted by atomic mass is 16.3. The van der Waals surface area contributed by atoms with Gasteiger partial charge in [0.1, 0.15) is 11.5 Å². The van der Waals surface area contributed by atoms with Gasteiger partial charge in [0, 0.05) is 32.2 Å². The summed E-state index contributed by atoms with van der Waals surface area (Å²) in [7, 11) is 1.74. The highest BCUT2D eigenvalue weighted by Gasteiger charge is 2.23. The number of hydrogen-bond acceptors (Lipinski definition) is 3. The molecule has 0 saturated carbocycles. The minimum atomic E-state index is 0.0210. The van der Waals surface area contributed by atoms with Crippen LogP contribution in [0, 0.1) is 6.92 Å². The molecule has 27 heavy (non-hydrogen) atoms. The topological polar surface area (TPSA) is 69.9 Å². The second kappa shape index (κ2) is 8.75. The Morgan fingerprint density at radius 2 is 2.11 bits per heavy atom. The van der Waals surface area contributed by atoms with E-state index in [2.05, 4.69) is 21.7 Å². The van der Waals surface area contributed by atoms with Crippen LogP contribution in [0.5, 0.6) is 0 Å². The van der Waals surface area contributed by atoms with Gasteiger partial charge in [0.05, 0.1) is 6.04 Å². The number of rotatable bonds is 6. The van der Waals surface area contributed by atoms with Crippen molar-refractivity contribution in [3.8, 4) is 0 Å². The zero-order valence-corrected chi connectivity index (χ0v) is 16.3. The number of aryl methyl sites for hydroxylation is 1. The Hall–Kier alpha value is -2.76. The highest BCUT2D eigenvalue weighted by molar-refractivity contribution is 5.95. The molecule has 1 amide bonds. The maximum Gasteiger partial charge on any atom is 0.227 e. The van der Waals surface area contributed by atoms with E-state index in [0.717, 1.165) is 36.6 Å². The number of hydrogen-bond donors (Lipinski definition) is 2. The predicted octanol–water partition coefficient (Wildman–Crippen LogP) is 3.18. The summed E-state index contributed by atoms with van der Waals surface area (Å²) in [5.74, 6) is 2.65. The normalized spacial score (nSPS) is 14.8. The third kappa shape index (κ3) is 4.70. The summed E-state index contributed by atoms with van der Waals surface area (Å²) in [4.78, 5) is 18.7. The van der Waals surface area contributed by atoms with Gasteiger partial charge in [0.2, 0.25) is 5.91 Å². The summed E-state index contributed by atoms with van der Waals surface area (Å²) >= 11 is 0. The summed E-state index contributed by atoms with van der Waals surface area (Å²) in [6, 6.07) is 12.1. The summed E-state index contributed by atoms with van der Waals surface area (Å²) in [5, 5.41) is 6.57. The van der Waals surface area contributed by atoms with Gasteiger partial charge in [-0.15, -0.1) is 0 Å². The van der Waals surface area contributed by atoms with Gasteiger partial charge < -0.3 is 20.0 Å². The molecule has 0 bridgehead atoms. The fourth-order valence-corrected chi connectivity index (χ4v) is 3.34. The van der Waals surface area contributed by atoms with Crippen LogP contribution in [0.15, 0.2) is 45.8 Å². The summed E-state index contributed by atoms with van der Waals surface area (Å²) in [5.41, 5.74) is 2.33. The molecular weight excluding hydrogens is 340 g/mol. The molecule has 3 rings (SSSR count). The number of benzene rings is 1. The van der Waals surface area contributed by atoms with Crippen molar-refractivity contribution in [1.82, 2.24) is 10.6 Å². The van der Waals surface area contributed by atoms with Gasteiger partial charge in [-0.25, -0.2) is 0 Å². The van der Waals surface area contributed by atoms with Crippen LogP contribution < -0.4 is 15.5 Å². The van der Waals surface area contributed by atoms with Crippen LogP contribution in [0.4, 0.5) is 5.69 Å². The Labute approximate surface area is 160 Å². The third-order valence-electron chi connectivity index (χ3n) is 4.81. The molecule has 1 aliphatic heterocycles. The van der Waals surface area contributed by atoms with E-state index in [9.17, 15) is 4.79 Å². The van der Waals surface area contributed by atoms with Crippen LogP contribution in [0.1, 0.15) is 42.9 Å². The van der Waals surface area contributed by atoms with E-state index in [1.165, 1.54) is 5.56 Å². The smallest absolute Gasteiger partial charge is 0.227 e. The largest absolute Gasteiger partial charge is 0.464 e. The van der Waals surface area contributed by atoms with Crippen LogP contribution in [-0.2, 0) is 11.2 Å². The molecule has 0 fully saturated rings. The summed E-state index contributed by atoms with van der Waals surface area (Å²) < 4.78 is 5.64. The first-order valence-electron chi connectivity index (χ1n) is 9.50. The Morgan fingerprint density at radius 3 is 2.85 bits per heavy atom. The average Bonchev–Trinajstić information content (AvgIpc) is 3.30. The lowest BCUT2D eigenvalue weighted by Crippen LogP contribution is -2.39. The maximum atomic E-state index is 12.5. The number of aliphatic imine (C=N–C) groups is 1. The molecule has 6 heteroatoms. The number of carbonyl (C=O) groups is 1. The van der Waals surface area contributed by atoms with E-state index in [-0.39, 0.29) is 11.9 Å². The summed E-state index contributed by atoms with van der Waals surface area (Å²) in [6.45, 7) is 5.43. The van der Waals surface area contributed by atoms with E-state index in [1.807, 2.05) is 49.1 Å². The number of amides is 1. The van der Waals surface area contributed by atoms with Crippen molar-refractivity contribution in [3.63, 3.8) is 0 Å². The number of nitrogens with zero attached hydrogens (tertiary/aromatic N) is 2. The molecule has 0 radical (unpaired) electrons. The highest BCUT2D eigenvalue weighted by Crippen LogP contribution is 2.27. The van der Waals surface area contributed by atoms with E-state index < -0.39 is 0 Å². The predicted molar refractivity (Wildman–Crippen MR) is 108 cm³/mol. The first kappa shape index (κ1) is 19.0. The van der Waals surface area contributed by atoms with Crippen molar-refractivity contribution >= 4 is 17.6 Å². The van der Waals surface area contributed by atoms with Gasteiger partial charge in [-0.05, 0) is 50.5 Å². The van der Waals surface area contributed by atoms with Gasteiger partial charge in [0.15, 0.2) is 5.96 Å². The minimum absolute atomic E-state index is 0.0210. The van der Waals surface area contributed by atoms with Gasteiger partial charge in [-0.2, -0.15) is 0 Å². The molecule has 1 aromatic carbocycles. The Bertz CT molecular complexity index is 812. The molecular formula is C21H28N4O2. The van der Waals surface area contributed by atoms with Gasteiger partial charge in [0.25, 0.3) is 0 Å². The Balaban J connectivity index is 1.42. The average molecular weight is 368 g/mol. The van der Waals surface area contributed by atoms with Crippen molar-refractivity contribution in [1.29, 1.82) is 0 Å². The molecule has 0 saturated heterocycles. The molecule has 1 aliphatic rings. The van der Waals surface area contributed by atoms with Crippen LogP contribution >= 0.6 is 0 Å². The zero-order chi connectivity index (χ0) is 19.2. The van der Waals surface area contributed by atoms with Crippen molar-refractivity contribution in [3.05, 3.63) is 53.5 Å². The fourth-order valence-electron chi connectivity index (χ4n) is 3.34. The molecule has 2 N–H and O–H groups in total. The molecule has 0 aliphatic carbocycles. The maximum absolute atomic E-state index is 12.5. The van der Waals surface area contributed by atoms with E-state index in [1.54, 1.807) is 7.05 Å². The number of anilines is 1. The molecule has 0 spiro atoms. The summed E-state index contributed by atoms with van der Waals surface area (Å²) in [6.07, 6.45) is 2.22.